The number of hydrogen-bond acceptors (Lipinski definition) is 4. The van der Waals surface area contributed by atoms with E-state index in [-0.39, 0.29) is 16.5 Å². The standard InChI is InChI=1S/C16H23BrFN3O3S/c1-16(2,3)15(22)21-6-4-5-20(7-8-21)14-12(17)9-11(10-13(14)18)25(19,23)24/h9-10H,4-8H2,1-3H3,(H2,19,23,24). The van der Waals surface area contributed by atoms with E-state index in [2.05, 4.69) is 15.9 Å². The monoisotopic (exact) mass is 435 g/mol. The molecule has 1 aromatic carbocycles. The van der Waals surface area contributed by atoms with E-state index in [1.165, 1.54) is 6.07 Å². The predicted molar refractivity (Wildman–Crippen MR) is 98.3 cm³/mol. The molecule has 0 aliphatic carbocycles. The van der Waals surface area contributed by atoms with Gasteiger partial charge < -0.3 is 9.80 Å². The van der Waals surface area contributed by atoms with Crippen LogP contribution in [-0.4, -0.2) is 45.4 Å². The summed E-state index contributed by atoms with van der Waals surface area (Å²) in [6, 6.07) is 2.23. The number of benzene rings is 1. The Morgan fingerprint density at radius 2 is 1.84 bits per heavy atom. The maximum absolute atomic E-state index is 14.5. The maximum atomic E-state index is 14.5. The molecule has 0 saturated carbocycles. The molecule has 1 saturated heterocycles. The largest absolute Gasteiger partial charge is 0.366 e. The number of anilines is 1. The fourth-order valence-corrected chi connectivity index (χ4v) is 4.22. The fraction of sp³-hybridized carbons (Fsp3) is 0.562. The number of hydrogen-bond donors (Lipinski definition) is 1. The molecule has 0 bridgehead atoms. The summed E-state index contributed by atoms with van der Waals surface area (Å²) in [4.78, 5) is 15.8. The number of halogens is 2. The van der Waals surface area contributed by atoms with Gasteiger partial charge in [-0.05, 0) is 34.5 Å². The second-order valence-electron chi connectivity index (χ2n) is 7.16. The van der Waals surface area contributed by atoms with E-state index < -0.39 is 21.3 Å². The van der Waals surface area contributed by atoms with Gasteiger partial charge in [-0.15, -0.1) is 0 Å². The fourth-order valence-electron chi connectivity index (χ4n) is 2.83. The lowest BCUT2D eigenvalue weighted by Crippen LogP contribution is -2.41. The van der Waals surface area contributed by atoms with Crippen LogP contribution >= 0.6 is 15.9 Å². The van der Waals surface area contributed by atoms with Crippen molar-refractivity contribution < 1.29 is 17.6 Å². The Bertz CT molecular complexity index is 754. The molecule has 140 valence electrons. The van der Waals surface area contributed by atoms with Gasteiger partial charge >= 0.3 is 0 Å². The van der Waals surface area contributed by atoms with Gasteiger partial charge in [-0.3, -0.25) is 4.79 Å². The van der Waals surface area contributed by atoms with E-state index in [1.807, 2.05) is 25.7 Å². The smallest absolute Gasteiger partial charge is 0.238 e. The van der Waals surface area contributed by atoms with Crippen LogP contribution in [0.25, 0.3) is 0 Å². The molecule has 1 aliphatic rings. The summed E-state index contributed by atoms with van der Waals surface area (Å²) in [7, 11) is -3.98. The highest BCUT2D eigenvalue weighted by Crippen LogP contribution is 2.33. The van der Waals surface area contributed by atoms with Crippen molar-refractivity contribution in [2.45, 2.75) is 32.1 Å². The number of carbonyl (C=O) groups is 1. The molecule has 2 N–H and O–H groups in total. The van der Waals surface area contributed by atoms with Gasteiger partial charge in [0.05, 0.1) is 10.6 Å². The Morgan fingerprint density at radius 1 is 1.20 bits per heavy atom. The zero-order chi connectivity index (χ0) is 19.0. The van der Waals surface area contributed by atoms with Crippen molar-refractivity contribution >= 4 is 37.5 Å². The Hall–Kier alpha value is -1.19. The van der Waals surface area contributed by atoms with Crippen molar-refractivity contribution in [2.24, 2.45) is 10.6 Å². The van der Waals surface area contributed by atoms with Crippen molar-refractivity contribution in [3.8, 4) is 0 Å². The van der Waals surface area contributed by atoms with Crippen molar-refractivity contribution in [3.05, 3.63) is 22.4 Å². The molecule has 25 heavy (non-hydrogen) atoms. The van der Waals surface area contributed by atoms with E-state index in [4.69, 9.17) is 5.14 Å². The van der Waals surface area contributed by atoms with E-state index in [9.17, 15) is 17.6 Å². The van der Waals surface area contributed by atoms with Crippen molar-refractivity contribution in [1.82, 2.24) is 4.90 Å². The summed E-state index contributed by atoms with van der Waals surface area (Å²) in [6.45, 7) is 7.75. The number of sulfonamides is 1. The highest BCUT2D eigenvalue weighted by molar-refractivity contribution is 9.10. The van der Waals surface area contributed by atoms with Crippen molar-refractivity contribution in [1.29, 1.82) is 0 Å². The van der Waals surface area contributed by atoms with Crippen LogP contribution in [0.3, 0.4) is 0 Å². The van der Waals surface area contributed by atoms with Crippen LogP contribution in [0.15, 0.2) is 21.5 Å². The molecule has 1 amide bonds. The number of carbonyl (C=O) groups excluding carboxylic acids is 1. The lowest BCUT2D eigenvalue weighted by Gasteiger charge is -2.29. The first-order chi connectivity index (χ1) is 11.4. The summed E-state index contributed by atoms with van der Waals surface area (Å²) in [5.41, 5.74) is -0.171. The first-order valence-electron chi connectivity index (χ1n) is 7.97. The number of primary sulfonamides is 1. The Morgan fingerprint density at radius 3 is 2.36 bits per heavy atom. The van der Waals surface area contributed by atoms with Crippen LogP contribution < -0.4 is 10.0 Å². The van der Waals surface area contributed by atoms with Crippen LogP contribution in [0.1, 0.15) is 27.2 Å². The van der Waals surface area contributed by atoms with E-state index in [1.54, 1.807) is 4.90 Å². The first kappa shape index (κ1) is 20.1. The maximum Gasteiger partial charge on any atom is 0.238 e. The van der Waals surface area contributed by atoms with E-state index >= 15 is 0 Å². The Labute approximate surface area is 156 Å². The van der Waals surface area contributed by atoms with Crippen LogP contribution in [0.5, 0.6) is 0 Å². The second kappa shape index (κ2) is 7.20. The summed E-state index contributed by atoms with van der Waals surface area (Å²) in [5.74, 6) is -0.590. The first-order valence-corrected chi connectivity index (χ1v) is 10.3. The van der Waals surface area contributed by atoms with E-state index in [0.717, 1.165) is 6.07 Å². The average Bonchev–Trinajstić information content (AvgIpc) is 2.69. The van der Waals surface area contributed by atoms with E-state index in [0.29, 0.717) is 37.1 Å². The number of amides is 1. The normalized spacial score (nSPS) is 16.7. The highest BCUT2D eigenvalue weighted by atomic mass is 79.9. The van der Waals surface area contributed by atoms with Gasteiger partial charge in [0.15, 0.2) is 0 Å². The summed E-state index contributed by atoms with van der Waals surface area (Å²) in [6.07, 6.45) is 0.699. The van der Waals surface area contributed by atoms with Gasteiger partial charge in [0.2, 0.25) is 15.9 Å². The third-order valence-corrected chi connectivity index (χ3v) is 5.56. The molecule has 1 aliphatic heterocycles. The van der Waals surface area contributed by atoms with Gasteiger partial charge in [-0.2, -0.15) is 0 Å². The predicted octanol–water partition coefficient (Wildman–Crippen LogP) is 2.32. The molecule has 2 rings (SSSR count). The molecule has 9 heteroatoms. The lowest BCUT2D eigenvalue weighted by molar-refractivity contribution is -0.139. The SMILES string of the molecule is CC(C)(C)C(=O)N1CCCN(c2c(F)cc(S(N)(=O)=O)cc2Br)CC1. The second-order valence-corrected chi connectivity index (χ2v) is 9.58. The minimum atomic E-state index is -3.98. The van der Waals surface area contributed by atoms with Crippen molar-refractivity contribution in [3.63, 3.8) is 0 Å². The number of rotatable bonds is 2. The zero-order valence-corrected chi connectivity index (χ0v) is 17.0. The number of nitrogens with two attached hydrogens (primary N) is 1. The van der Waals surface area contributed by atoms with Gasteiger partial charge in [0, 0.05) is 36.1 Å². The molecule has 0 aromatic heterocycles. The Kier molecular flexibility index (Phi) is 5.80. The van der Waals surface area contributed by atoms with Gasteiger partial charge in [-0.1, -0.05) is 20.8 Å². The topological polar surface area (TPSA) is 83.7 Å². The molecule has 0 radical (unpaired) electrons. The lowest BCUT2D eigenvalue weighted by atomic mass is 9.94. The van der Waals surface area contributed by atoms with Crippen molar-refractivity contribution in [2.75, 3.05) is 31.1 Å². The van der Waals surface area contributed by atoms with Gasteiger partial charge in [0.25, 0.3) is 0 Å². The van der Waals surface area contributed by atoms with Crippen LogP contribution in [0.4, 0.5) is 10.1 Å². The Balaban J connectivity index is 2.25. The molecule has 0 spiro atoms. The third kappa shape index (κ3) is 4.71. The quantitative estimate of drug-likeness (QED) is 0.772. The molecule has 1 heterocycles. The van der Waals surface area contributed by atoms with Gasteiger partial charge in [-0.25, -0.2) is 17.9 Å². The highest BCUT2D eigenvalue weighted by Gasteiger charge is 2.29. The molecule has 0 unspecified atom stereocenters. The molecule has 1 fully saturated rings. The minimum absolute atomic E-state index is 0.0680. The minimum Gasteiger partial charge on any atom is -0.366 e. The van der Waals surface area contributed by atoms with Crippen LogP contribution in [0.2, 0.25) is 0 Å². The molecule has 1 aromatic rings. The van der Waals surface area contributed by atoms with Gasteiger partial charge in [0.1, 0.15) is 5.82 Å². The average molecular weight is 436 g/mol. The molecule has 6 nitrogen and oxygen atoms in total. The molecular formula is C16H23BrFN3O3S. The summed E-state index contributed by atoms with van der Waals surface area (Å²) < 4.78 is 37.7. The number of nitrogens with zero attached hydrogens (tertiary/aromatic N) is 2. The third-order valence-electron chi connectivity index (χ3n) is 4.06. The van der Waals surface area contributed by atoms with Crippen LogP contribution in [0, 0.1) is 11.2 Å². The van der Waals surface area contributed by atoms with Crippen LogP contribution in [-0.2, 0) is 14.8 Å². The summed E-state index contributed by atoms with van der Waals surface area (Å²) in [5, 5.41) is 5.07. The molecule has 0 atom stereocenters. The zero-order valence-electron chi connectivity index (χ0n) is 14.6. The molecular weight excluding hydrogens is 413 g/mol. The summed E-state index contributed by atoms with van der Waals surface area (Å²) >= 11 is 3.25.